The molecule has 1 rings (SSSR count). The van der Waals surface area contributed by atoms with Crippen LogP contribution < -0.4 is 5.32 Å². The van der Waals surface area contributed by atoms with Gasteiger partial charge in [0.2, 0.25) is 0 Å². The molecular formula is C13H18N2O2. The van der Waals surface area contributed by atoms with Gasteiger partial charge in [-0.3, -0.25) is 0 Å². The maximum atomic E-state index is 8.54. The van der Waals surface area contributed by atoms with E-state index in [1.54, 1.807) is 7.11 Å². The van der Waals surface area contributed by atoms with Crippen LogP contribution in [0.25, 0.3) is 0 Å². The Hall–Kier alpha value is -1.57. The predicted octanol–water partition coefficient (Wildman–Crippen LogP) is 1.83. The number of nitrogens with zero attached hydrogens (tertiary/aromatic N) is 1. The van der Waals surface area contributed by atoms with Crippen molar-refractivity contribution in [3.63, 3.8) is 0 Å². The molecule has 0 saturated heterocycles. The number of ether oxygens (including phenoxy) is 2. The van der Waals surface area contributed by atoms with Crippen molar-refractivity contribution in [3.05, 3.63) is 29.8 Å². The second-order valence-electron chi connectivity index (χ2n) is 3.56. The molecule has 0 amide bonds. The first-order valence-corrected chi connectivity index (χ1v) is 5.63. The summed E-state index contributed by atoms with van der Waals surface area (Å²) in [5, 5.41) is 11.8. The Morgan fingerprint density at radius 3 is 2.59 bits per heavy atom. The number of anilines is 1. The highest BCUT2D eigenvalue weighted by atomic mass is 16.5. The molecule has 0 aromatic heterocycles. The van der Waals surface area contributed by atoms with Crippen LogP contribution in [0.4, 0.5) is 5.69 Å². The van der Waals surface area contributed by atoms with E-state index in [1.807, 2.05) is 24.3 Å². The minimum absolute atomic E-state index is 0.459. The SMILES string of the molecule is COCCOCCNc1ccc(CC#N)cc1. The first-order chi connectivity index (χ1) is 8.36. The number of benzene rings is 1. The third kappa shape index (κ3) is 5.91. The topological polar surface area (TPSA) is 54.3 Å². The highest BCUT2D eigenvalue weighted by Crippen LogP contribution is 2.09. The van der Waals surface area contributed by atoms with Gasteiger partial charge in [0, 0.05) is 19.3 Å². The lowest BCUT2D eigenvalue weighted by Crippen LogP contribution is -2.11. The van der Waals surface area contributed by atoms with Crippen LogP contribution in [-0.2, 0) is 15.9 Å². The Morgan fingerprint density at radius 1 is 1.18 bits per heavy atom. The van der Waals surface area contributed by atoms with Gasteiger partial charge in [-0.2, -0.15) is 5.26 Å². The van der Waals surface area contributed by atoms with Gasteiger partial charge in [-0.25, -0.2) is 0 Å². The minimum atomic E-state index is 0.459. The van der Waals surface area contributed by atoms with Gasteiger partial charge in [-0.15, -0.1) is 0 Å². The van der Waals surface area contributed by atoms with Gasteiger partial charge in [0.25, 0.3) is 0 Å². The first kappa shape index (κ1) is 13.5. The Kier molecular flexibility index (Phi) is 6.80. The summed E-state index contributed by atoms with van der Waals surface area (Å²) in [5.74, 6) is 0. The van der Waals surface area contributed by atoms with E-state index in [2.05, 4.69) is 11.4 Å². The number of nitrogens with one attached hydrogen (secondary N) is 1. The van der Waals surface area contributed by atoms with Gasteiger partial charge in [-0.1, -0.05) is 12.1 Å². The molecule has 1 N–H and O–H groups in total. The summed E-state index contributed by atoms with van der Waals surface area (Å²) in [4.78, 5) is 0. The number of nitriles is 1. The van der Waals surface area contributed by atoms with Crippen LogP contribution in [0, 0.1) is 11.3 Å². The molecule has 1 aromatic carbocycles. The summed E-state index contributed by atoms with van der Waals surface area (Å²) in [7, 11) is 1.66. The van der Waals surface area contributed by atoms with Crippen molar-refractivity contribution in [1.82, 2.24) is 0 Å². The van der Waals surface area contributed by atoms with Crippen molar-refractivity contribution in [3.8, 4) is 6.07 Å². The molecule has 0 heterocycles. The molecule has 0 aliphatic heterocycles. The summed E-state index contributed by atoms with van der Waals surface area (Å²) >= 11 is 0. The summed E-state index contributed by atoms with van der Waals surface area (Å²) in [6, 6.07) is 9.98. The zero-order valence-electron chi connectivity index (χ0n) is 10.1. The van der Waals surface area contributed by atoms with Crippen LogP contribution >= 0.6 is 0 Å². The van der Waals surface area contributed by atoms with Crippen molar-refractivity contribution in [2.24, 2.45) is 0 Å². The number of hydrogen-bond acceptors (Lipinski definition) is 4. The molecule has 4 heteroatoms. The van der Waals surface area contributed by atoms with Crippen LogP contribution in [0.5, 0.6) is 0 Å². The van der Waals surface area contributed by atoms with Gasteiger partial charge in [0.1, 0.15) is 0 Å². The lowest BCUT2D eigenvalue weighted by atomic mass is 10.1. The average molecular weight is 234 g/mol. The molecule has 0 saturated carbocycles. The maximum Gasteiger partial charge on any atom is 0.0701 e. The fraction of sp³-hybridized carbons (Fsp3) is 0.462. The molecule has 92 valence electrons. The second kappa shape index (κ2) is 8.57. The van der Waals surface area contributed by atoms with Crippen LogP contribution in [0.2, 0.25) is 0 Å². The predicted molar refractivity (Wildman–Crippen MR) is 66.9 cm³/mol. The molecule has 0 unspecified atom stereocenters. The van der Waals surface area contributed by atoms with Crippen LogP contribution in [-0.4, -0.2) is 33.5 Å². The van der Waals surface area contributed by atoms with Crippen LogP contribution in [0.1, 0.15) is 5.56 Å². The van der Waals surface area contributed by atoms with Gasteiger partial charge < -0.3 is 14.8 Å². The van der Waals surface area contributed by atoms with Crippen LogP contribution in [0.3, 0.4) is 0 Å². The second-order valence-corrected chi connectivity index (χ2v) is 3.56. The molecule has 1 aromatic rings. The van der Waals surface area contributed by atoms with Crippen molar-refractivity contribution in [2.45, 2.75) is 6.42 Å². The quantitative estimate of drug-likeness (QED) is 0.697. The van der Waals surface area contributed by atoms with Crippen molar-refractivity contribution in [1.29, 1.82) is 5.26 Å². The standard InChI is InChI=1S/C13H18N2O2/c1-16-10-11-17-9-8-15-13-4-2-12(3-5-13)6-7-14/h2-5,15H,6,8-11H2,1H3. The minimum Gasteiger partial charge on any atom is -0.383 e. The number of rotatable bonds is 8. The third-order valence-corrected chi connectivity index (χ3v) is 2.24. The molecule has 0 aliphatic carbocycles. The lowest BCUT2D eigenvalue weighted by Gasteiger charge is -2.07. The molecule has 0 bridgehead atoms. The zero-order chi connectivity index (χ0) is 12.3. The molecule has 0 fully saturated rings. The average Bonchev–Trinajstić information content (AvgIpc) is 2.36. The van der Waals surface area contributed by atoms with E-state index >= 15 is 0 Å². The summed E-state index contributed by atoms with van der Waals surface area (Å²) in [6.07, 6.45) is 0.459. The first-order valence-electron chi connectivity index (χ1n) is 5.63. The largest absolute Gasteiger partial charge is 0.383 e. The van der Waals surface area contributed by atoms with Crippen LogP contribution in [0.15, 0.2) is 24.3 Å². The fourth-order valence-electron chi connectivity index (χ4n) is 1.34. The molecule has 0 aliphatic rings. The summed E-state index contributed by atoms with van der Waals surface area (Å²) in [6.45, 7) is 2.67. The fourth-order valence-corrected chi connectivity index (χ4v) is 1.34. The molecule has 0 spiro atoms. The van der Waals surface area contributed by atoms with Gasteiger partial charge in [0.05, 0.1) is 32.3 Å². The monoisotopic (exact) mass is 234 g/mol. The highest BCUT2D eigenvalue weighted by molar-refractivity contribution is 5.44. The van der Waals surface area contributed by atoms with E-state index < -0.39 is 0 Å². The molecule has 17 heavy (non-hydrogen) atoms. The van der Waals surface area contributed by atoms with Gasteiger partial charge >= 0.3 is 0 Å². The van der Waals surface area contributed by atoms with Crippen molar-refractivity contribution < 1.29 is 9.47 Å². The van der Waals surface area contributed by atoms with Gasteiger partial charge in [0.15, 0.2) is 0 Å². The molecule has 0 atom stereocenters. The van der Waals surface area contributed by atoms with Crippen molar-refractivity contribution >= 4 is 5.69 Å². The molecular weight excluding hydrogens is 216 g/mol. The zero-order valence-corrected chi connectivity index (χ0v) is 10.1. The molecule has 4 nitrogen and oxygen atoms in total. The number of hydrogen-bond donors (Lipinski definition) is 1. The summed E-state index contributed by atoms with van der Waals surface area (Å²) < 4.78 is 10.2. The Balaban J connectivity index is 2.17. The van der Waals surface area contributed by atoms with E-state index in [-0.39, 0.29) is 0 Å². The highest BCUT2D eigenvalue weighted by Gasteiger charge is 1.94. The van der Waals surface area contributed by atoms with E-state index in [1.165, 1.54) is 0 Å². The number of methoxy groups -OCH3 is 1. The Bertz CT molecular complexity index is 343. The normalized spacial score (nSPS) is 9.88. The Morgan fingerprint density at radius 2 is 1.94 bits per heavy atom. The Labute approximate surface area is 102 Å². The van der Waals surface area contributed by atoms with Crippen molar-refractivity contribution in [2.75, 3.05) is 38.8 Å². The maximum absolute atomic E-state index is 8.54. The smallest absolute Gasteiger partial charge is 0.0701 e. The van der Waals surface area contributed by atoms with Gasteiger partial charge in [-0.05, 0) is 17.7 Å². The van der Waals surface area contributed by atoms with E-state index in [4.69, 9.17) is 14.7 Å². The van der Waals surface area contributed by atoms with E-state index in [0.717, 1.165) is 17.8 Å². The van der Waals surface area contributed by atoms with E-state index in [9.17, 15) is 0 Å². The lowest BCUT2D eigenvalue weighted by molar-refractivity contribution is 0.0759. The van der Waals surface area contributed by atoms with E-state index in [0.29, 0.717) is 26.2 Å². The molecule has 0 radical (unpaired) electrons. The third-order valence-electron chi connectivity index (χ3n) is 2.24. The summed E-state index contributed by atoms with van der Waals surface area (Å²) in [5.41, 5.74) is 2.08.